The van der Waals surface area contributed by atoms with Crippen LogP contribution in [0.4, 0.5) is 0 Å². The smallest absolute Gasteiger partial charge is 0.113 e. The maximum atomic E-state index is 5.44. The highest BCUT2D eigenvalue weighted by Gasteiger charge is 2.51. The summed E-state index contributed by atoms with van der Waals surface area (Å²) in [6, 6.07) is 51.9. The predicted octanol–water partition coefficient (Wildman–Crippen LogP) is 7.33. The third kappa shape index (κ3) is 3.70. The van der Waals surface area contributed by atoms with Crippen LogP contribution < -0.4 is 10.4 Å². The largest absolute Gasteiger partial charge is 0.251 e. The van der Waals surface area contributed by atoms with Crippen LogP contribution in [0.2, 0.25) is 13.1 Å². The van der Waals surface area contributed by atoms with Gasteiger partial charge < -0.3 is 0 Å². The Morgan fingerprint density at radius 3 is 1.27 bits per heavy atom. The SMILES string of the molecule is C[Si]1(C)c2ccccc2C(c2cccc(-c3ccccc3)n2)(c2cccc(-c3ccccc3)n2)c2ccccc21. The van der Waals surface area contributed by atoms with Crippen LogP contribution in [0.5, 0.6) is 0 Å². The zero-order valence-corrected chi connectivity index (χ0v) is 23.8. The van der Waals surface area contributed by atoms with Crippen molar-refractivity contribution in [1.29, 1.82) is 0 Å². The normalized spacial score (nSPS) is 14.7. The van der Waals surface area contributed by atoms with Gasteiger partial charge in [-0.2, -0.15) is 0 Å². The summed E-state index contributed by atoms with van der Waals surface area (Å²) in [6.07, 6.45) is 0. The van der Waals surface area contributed by atoms with Crippen molar-refractivity contribution in [1.82, 2.24) is 9.97 Å². The lowest BCUT2D eigenvalue weighted by Gasteiger charge is -2.46. The molecule has 7 rings (SSSR count). The molecule has 3 heteroatoms. The molecule has 1 aliphatic heterocycles. The van der Waals surface area contributed by atoms with E-state index in [1.807, 2.05) is 12.1 Å². The van der Waals surface area contributed by atoms with Crippen molar-refractivity contribution in [3.63, 3.8) is 0 Å². The molecule has 0 aliphatic carbocycles. The van der Waals surface area contributed by atoms with E-state index in [1.165, 1.54) is 21.5 Å². The summed E-state index contributed by atoms with van der Waals surface area (Å²) < 4.78 is 0. The van der Waals surface area contributed by atoms with Gasteiger partial charge in [0.05, 0.1) is 22.8 Å². The second-order valence-corrected chi connectivity index (χ2v) is 15.3. The van der Waals surface area contributed by atoms with Crippen molar-refractivity contribution in [3.8, 4) is 22.5 Å². The van der Waals surface area contributed by atoms with Gasteiger partial charge in [-0.15, -0.1) is 0 Å². The molecule has 0 fully saturated rings. The van der Waals surface area contributed by atoms with Gasteiger partial charge in [0, 0.05) is 11.1 Å². The molecule has 0 unspecified atom stereocenters. The summed E-state index contributed by atoms with van der Waals surface area (Å²) in [6.45, 7) is 4.94. The zero-order chi connectivity index (χ0) is 27.2. The third-order valence-corrected chi connectivity index (χ3v) is 12.0. The zero-order valence-electron chi connectivity index (χ0n) is 22.8. The summed E-state index contributed by atoms with van der Waals surface area (Å²) in [5, 5.41) is 2.88. The number of fused-ring (bicyclic) bond motifs is 2. The summed E-state index contributed by atoms with van der Waals surface area (Å²) in [5.74, 6) is 0. The Labute approximate surface area is 237 Å². The van der Waals surface area contributed by atoms with E-state index in [1.54, 1.807) is 0 Å². The maximum absolute atomic E-state index is 5.44. The van der Waals surface area contributed by atoms with E-state index in [9.17, 15) is 0 Å². The number of nitrogens with zero attached hydrogens (tertiary/aromatic N) is 2. The Kier molecular flexibility index (Phi) is 5.83. The fourth-order valence-corrected chi connectivity index (χ4v) is 9.71. The molecule has 0 N–H and O–H groups in total. The maximum Gasteiger partial charge on any atom is 0.113 e. The lowest BCUT2D eigenvalue weighted by molar-refractivity contribution is 0.693. The van der Waals surface area contributed by atoms with Crippen molar-refractivity contribution in [3.05, 3.63) is 168 Å². The first-order chi connectivity index (χ1) is 19.6. The first-order valence-corrected chi connectivity index (χ1v) is 16.9. The first-order valence-electron chi connectivity index (χ1n) is 13.9. The van der Waals surface area contributed by atoms with Gasteiger partial charge >= 0.3 is 0 Å². The van der Waals surface area contributed by atoms with Crippen molar-refractivity contribution >= 4 is 18.4 Å². The van der Waals surface area contributed by atoms with Gasteiger partial charge in [-0.3, -0.25) is 9.97 Å². The fraction of sp³-hybridized carbons (Fsp3) is 0.0811. The summed E-state index contributed by atoms with van der Waals surface area (Å²) >= 11 is 0. The number of hydrogen-bond donors (Lipinski definition) is 0. The van der Waals surface area contributed by atoms with Crippen molar-refractivity contribution in [2.45, 2.75) is 18.5 Å². The van der Waals surface area contributed by atoms with Crippen LogP contribution in [-0.2, 0) is 5.41 Å². The van der Waals surface area contributed by atoms with Crippen LogP contribution in [0.3, 0.4) is 0 Å². The topological polar surface area (TPSA) is 25.8 Å². The second-order valence-electron chi connectivity index (χ2n) is 11.0. The van der Waals surface area contributed by atoms with Crippen LogP contribution in [0, 0.1) is 0 Å². The van der Waals surface area contributed by atoms with E-state index >= 15 is 0 Å². The third-order valence-electron chi connectivity index (χ3n) is 8.41. The molecule has 40 heavy (non-hydrogen) atoms. The molecule has 0 amide bonds. The van der Waals surface area contributed by atoms with E-state index in [4.69, 9.17) is 9.97 Å². The van der Waals surface area contributed by atoms with Gasteiger partial charge in [0.25, 0.3) is 0 Å². The van der Waals surface area contributed by atoms with Gasteiger partial charge in [0.15, 0.2) is 0 Å². The van der Waals surface area contributed by atoms with Crippen LogP contribution >= 0.6 is 0 Å². The quantitative estimate of drug-likeness (QED) is 0.223. The van der Waals surface area contributed by atoms with Gasteiger partial charge in [-0.05, 0) is 45.8 Å². The van der Waals surface area contributed by atoms with E-state index in [-0.39, 0.29) is 0 Å². The van der Waals surface area contributed by atoms with Crippen molar-refractivity contribution in [2.75, 3.05) is 0 Å². The number of aromatic nitrogens is 2. The minimum absolute atomic E-state index is 0.661. The van der Waals surface area contributed by atoms with E-state index in [2.05, 4.69) is 147 Å². The molecular formula is C37H30N2Si. The first kappa shape index (κ1) is 24.4. The predicted molar refractivity (Wildman–Crippen MR) is 168 cm³/mol. The average Bonchev–Trinajstić information content (AvgIpc) is 3.03. The van der Waals surface area contributed by atoms with Gasteiger partial charge in [-0.1, -0.05) is 134 Å². The van der Waals surface area contributed by atoms with Crippen molar-refractivity contribution < 1.29 is 0 Å². The summed E-state index contributed by atoms with van der Waals surface area (Å²) in [5.41, 5.74) is 8.07. The molecule has 192 valence electrons. The van der Waals surface area contributed by atoms with Gasteiger partial charge in [0.2, 0.25) is 0 Å². The Hall–Kier alpha value is -4.60. The second kappa shape index (κ2) is 9.55. The molecule has 0 radical (unpaired) electrons. The molecule has 3 heterocycles. The fourth-order valence-electron chi connectivity index (χ4n) is 6.51. The number of benzene rings is 4. The molecular weight excluding hydrogens is 501 g/mol. The minimum atomic E-state index is -2.00. The number of rotatable bonds is 4. The molecule has 1 aliphatic rings. The number of pyridine rings is 2. The molecule has 2 nitrogen and oxygen atoms in total. The van der Waals surface area contributed by atoms with Gasteiger partial charge in [0.1, 0.15) is 13.5 Å². The lowest BCUT2D eigenvalue weighted by atomic mass is 9.68. The summed E-state index contributed by atoms with van der Waals surface area (Å²) in [7, 11) is -2.00. The van der Waals surface area contributed by atoms with Crippen LogP contribution in [0.15, 0.2) is 146 Å². The Balaban J connectivity index is 1.61. The average molecular weight is 531 g/mol. The summed E-state index contributed by atoms with van der Waals surface area (Å²) in [4.78, 5) is 10.9. The minimum Gasteiger partial charge on any atom is -0.251 e. The highest BCUT2D eigenvalue weighted by Crippen LogP contribution is 2.46. The van der Waals surface area contributed by atoms with Crippen LogP contribution in [-0.4, -0.2) is 18.0 Å². The van der Waals surface area contributed by atoms with Crippen molar-refractivity contribution in [2.24, 2.45) is 0 Å². The van der Waals surface area contributed by atoms with E-state index in [0.717, 1.165) is 33.9 Å². The molecule has 4 aromatic carbocycles. The van der Waals surface area contributed by atoms with E-state index in [0.29, 0.717) is 0 Å². The molecule has 2 aromatic heterocycles. The molecule has 0 atom stereocenters. The Morgan fingerprint density at radius 1 is 0.425 bits per heavy atom. The highest BCUT2D eigenvalue weighted by molar-refractivity contribution is 7.01. The molecule has 0 saturated heterocycles. The Morgan fingerprint density at radius 2 is 0.825 bits per heavy atom. The monoisotopic (exact) mass is 530 g/mol. The van der Waals surface area contributed by atoms with Crippen LogP contribution in [0.25, 0.3) is 22.5 Å². The molecule has 0 bridgehead atoms. The Bertz CT molecular complexity index is 1690. The van der Waals surface area contributed by atoms with Gasteiger partial charge in [-0.25, -0.2) is 0 Å². The highest BCUT2D eigenvalue weighted by atomic mass is 28.3. The molecule has 6 aromatic rings. The number of hydrogen-bond acceptors (Lipinski definition) is 2. The lowest BCUT2D eigenvalue weighted by Crippen LogP contribution is -2.63. The van der Waals surface area contributed by atoms with Crippen LogP contribution in [0.1, 0.15) is 22.5 Å². The molecule has 0 spiro atoms. The van der Waals surface area contributed by atoms with E-state index < -0.39 is 13.5 Å². The standard InChI is InChI=1S/C37H30N2Si/c1-40(2)33-23-11-9-19-29(33)37(30-20-10-12-24-34(30)40,35-25-13-21-31(38-35)27-15-5-3-6-16-27)36-26-14-22-32(39-36)28-17-7-4-8-18-28/h3-26H,1-2H3. The molecule has 0 saturated carbocycles.